The van der Waals surface area contributed by atoms with Gasteiger partial charge in [0.05, 0.1) is 6.10 Å². The molecule has 0 saturated carbocycles. The highest BCUT2D eigenvalue weighted by Crippen LogP contribution is 2.30. The fourth-order valence-electron chi connectivity index (χ4n) is 2.95. The number of nitrogens with zero attached hydrogens (tertiary/aromatic N) is 2. The molecule has 1 aromatic carbocycles. The number of aliphatic carboxylic acids is 1. The summed E-state index contributed by atoms with van der Waals surface area (Å²) in [5, 5.41) is 18.8. The lowest BCUT2D eigenvalue weighted by Gasteiger charge is -2.27. The van der Waals surface area contributed by atoms with E-state index in [4.69, 9.17) is 5.11 Å². The normalized spacial score (nSPS) is 24.9. The van der Waals surface area contributed by atoms with Gasteiger partial charge in [0.1, 0.15) is 6.04 Å². The lowest BCUT2D eigenvalue weighted by Crippen LogP contribution is -2.47. The summed E-state index contributed by atoms with van der Waals surface area (Å²) in [6, 6.07) is 6.34. The van der Waals surface area contributed by atoms with Crippen molar-refractivity contribution in [3.8, 4) is 0 Å². The van der Waals surface area contributed by atoms with Crippen LogP contribution in [0, 0.1) is 0 Å². The van der Waals surface area contributed by atoms with Crippen LogP contribution >= 0.6 is 0 Å². The summed E-state index contributed by atoms with van der Waals surface area (Å²) in [4.78, 5) is 26.6. The predicted molar refractivity (Wildman–Crippen MR) is 71.6 cm³/mol. The highest BCUT2D eigenvalue weighted by atomic mass is 16.4. The Labute approximate surface area is 116 Å². The number of para-hydroxylation sites is 1. The Balaban J connectivity index is 1.85. The summed E-state index contributed by atoms with van der Waals surface area (Å²) >= 11 is 0. The van der Waals surface area contributed by atoms with E-state index in [0.717, 1.165) is 17.7 Å². The molecule has 0 unspecified atom stereocenters. The van der Waals surface area contributed by atoms with Gasteiger partial charge < -0.3 is 15.1 Å². The van der Waals surface area contributed by atoms with Crippen LogP contribution < -0.4 is 4.90 Å². The number of carboxylic acid groups (broad SMARTS) is 1. The molecule has 0 aliphatic carbocycles. The Morgan fingerprint density at radius 3 is 2.75 bits per heavy atom. The van der Waals surface area contributed by atoms with Gasteiger partial charge in [-0.15, -0.1) is 0 Å². The number of carbonyl (C=O) groups excluding carboxylic acids is 1. The second kappa shape index (κ2) is 4.79. The number of fused-ring (bicyclic) bond motifs is 1. The molecule has 2 amide bonds. The number of urea groups is 1. The number of carboxylic acids is 1. The lowest BCUT2D eigenvalue weighted by atomic mass is 10.2. The number of aliphatic hydroxyl groups is 1. The highest BCUT2D eigenvalue weighted by Gasteiger charge is 2.41. The Morgan fingerprint density at radius 2 is 2.00 bits per heavy atom. The first-order valence-corrected chi connectivity index (χ1v) is 6.65. The van der Waals surface area contributed by atoms with Gasteiger partial charge in [-0.25, -0.2) is 9.59 Å². The Kier molecular flexibility index (Phi) is 3.10. The molecular formula is C14H16N2O4. The minimum absolute atomic E-state index is 0.0778. The number of carbonyl (C=O) groups is 2. The standard InChI is InChI=1S/C14H16N2O4/c17-10-7-12(13(18)19)16(8-10)14(20)15-6-5-9-3-1-2-4-11(9)15/h1-4,10,12,17H,5-8H2,(H,18,19)/t10-,12-/m0/s1. The number of hydrogen-bond acceptors (Lipinski definition) is 3. The summed E-state index contributed by atoms with van der Waals surface area (Å²) in [6.07, 6.45) is 0.102. The number of hydrogen-bond donors (Lipinski definition) is 2. The average Bonchev–Trinajstić information content (AvgIpc) is 3.01. The molecule has 1 saturated heterocycles. The van der Waals surface area contributed by atoms with E-state index in [1.807, 2.05) is 24.3 Å². The number of rotatable bonds is 1. The molecule has 6 nitrogen and oxygen atoms in total. The van der Waals surface area contributed by atoms with Crippen molar-refractivity contribution in [2.75, 3.05) is 18.0 Å². The SMILES string of the molecule is O=C(O)[C@@H]1C[C@H](O)CN1C(=O)N1CCc2ccccc21. The number of amides is 2. The third-order valence-electron chi connectivity index (χ3n) is 3.93. The molecule has 0 aromatic heterocycles. The van der Waals surface area contributed by atoms with Gasteiger partial charge in [0.15, 0.2) is 0 Å². The van der Waals surface area contributed by atoms with Crippen LogP contribution in [-0.4, -0.2) is 52.3 Å². The van der Waals surface area contributed by atoms with Crippen LogP contribution in [0.2, 0.25) is 0 Å². The van der Waals surface area contributed by atoms with Gasteiger partial charge in [-0.1, -0.05) is 18.2 Å². The van der Waals surface area contributed by atoms with E-state index < -0.39 is 18.1 Å². The summed E-state index contributed by atoms with van der Waals surface area (Å²) in [5.41, 5.74) is 1.93. The molecule has 2 heterocycles. The van der Waals surface area contributed by atoms with Crippen molar-refractivity contribution in [3.63, 3.8) is 0 Å². The molecular weight excluding hydrogens is 260 g/mol. The fraction of sp³-hybridized carbons (Fsp3) is 0.429. The zero-order valence-electron chi connectivity index (χ0n) is 10.9. The van der Waals surface area contributed by atoms with Gasteiger partial charge in [0.2, 0.25) is 0 Å². The third-order valence-corrected chi connectivity index (χ3v) is 3.93. The number of aliphatic hydroxyl groups excluding tert-OH is 1. The molecule has 0 spiro atoms. The zero-order chi connectivity index (χ0) is 14.3. The minimum atomic E-state index is -1.07. The van der Waals surface area contributed by atoms with Crippen molar-refractivity contribution in [1.29, 1.82) is 0 Å². The summed E-state index contributed by atoms with van der Waals surface area (Å²) in [5.74, 6) is -1.07. The van der Waals surface area contributed by atoms with Crippen LogP contribution in [0.3, 0.4) is 0 Å². The van der Waals surface area contributed by atoms with E-state index >= 15 is 0 Å². The predicted octanol–water partition coefficient (Wildman–Crippen LogP) is 0.689. The maximum absolute atomic E-state index is 12.5. The second-order valence-corrected chi connectivity index (χ2v) is 5.21. The topological polar surface area (TPSA) is 81.1 Å². The first-order chi connectivity index (χ1) is 9.58. The lowest BCUT2D eigenvalue weighted by molar-refractivity contribution is -0.141. The number of likely N-dealkylation sites (tertiary alicyclic amines) is 1. The number of anilines is 1. The zero-order valence-corrected chi connectivity index (χ0v) is 10.9. The minimum Gasteiger partial charge on any atom is -0.480 e. The van der Waals surface area contributed by atoms with Crippen molar-refractivity contribution >= 4 is 17.7 Å². The van der Waals surface area contributed by atoms with E-state index in [1.165, 1.54) is 4.90 Å². The van der Waals surface area contributed by atoms with E-state index in [-0.39, 0.29) is 19.0 Å². The van der Waals surface area contributed by atoms with Crippen LogP contribution in [0.25, 0.3) is 0 Å². The molecule has 0 bridgehead atoms. The molecule has 20 heavy (non-hydrogen) atoms. The Morgan fingerprint density at radius 1 is 1.25 bits per heavy atom. The highest BCUT2D eigenvalue weighted by molar-refractivity contribution is 5.96. The Hall–Kier alpha value is -2.08. The van der Waals surface area contributed by atoms with Crippen molar-refractivity contribution in [2.45, 2.75) is 25.0 Å². The van der Waals surface area contributed by atoms with Gasteiger partial charge in [-0.2, -0.15) is 0 Å². The van der Waals surface area contributed by atoms with Crippen LogP contribution in [0.4, 0.5) is 10.5 Å². The number of benzene rings is 1. The van der Waals surface area contributed by atoms with E-state index in [0.29, 0.717) is 6.54 Å². The van der Waals surface area contributed by atoms with Crippen LogP contribution in [0.1, 0.15) is 12.0 Å². The molecule has 2 N–H and O–H groups in total. The molecule has 6 heteroatoms. The largest absolute Gasteiger partial charge is 0.480 e. The summed E-state index contributed by atoms with van der Waals surface area (Å²) in [6.45, 7) is 0.631. The van der Waals surface area contributed by atoms with Gasteiger partial charge >= 0.3 is 12.0 Å². The van der Waals surface area contributed by atoms with E-state index in [1.54, 1.807) is 4.90 Å². The van der Waals surface area contributed by atoms with E-state index in [2.05, 4.69) is 0 Å². The molecule has 2 aliphatic heterocycles. The third kappa shape index (κ3) is 2.02. The molecule has 1 aromatic rings. The first-order valence-electron chi connectivity index (χ1n) is 6.65. The average molecular weight is 276 g/mol. The van der Waals surface area contributed by atoms with Crippen LogP contribution in [-0.2, 0) is 11.2 Å². The van der Waals surface area contributed by atoms with Crippen molar-refractivity contribution in [1.82, 2.24) is 4.90 Å². The molecule has 2 atom stereocenters. The monoisotopic (exact) mass is 276 g/mol. The second-order valence-electron chi connectivity index (χ2n) is 5.21. The Bertz CT molecular complexity index is 560. The number of β-amino-alcohol motifs (C(OH)–C–C–N with tert-alkyl or cyclic N) is 1. The molecule has 0 radical (unpaired) electrons. The van der Waals surface area contributed by atoms with Gasteiger partial charge in [-0.3, -0.25) is 4.90 Å². The first kappa shape index (κ1) is 12.9. The summed E-state index contributed by atoms with van der Waals surface area (Å²) in [7, 11) is 0. The van der Waals surface area contributed by atoms with Gasteiger partial charge in [0, 0.05) is 25.2 Å². The van der Waals surface area contributed by atoms with Gasteiger partial charge in [0.25, 0.3) is 0 Å². The summed E-state index contributed by atoms with van der Waals surface area (Å²) < 4.78 is 0. The van der Waals surface area contributed by atoms with Crippen molar-refractivity contribution in [3.05, 3.63) is 29.8 Å². The molecule has 1 fully saturated rings. The fourth-order valence-corrected chi connectivity index (χ4v) is 2.95. The van der Waals surface area contributed by atoms with Crippen molar-refractivity contribution < 1.29 is 19.8 Å². The maximum Gasteiger partial charge on any atom is 0.326 e. The van der Waals surface area contributed by atoms with Crippen LogP contribution in [0.15, 0.2) is 24.3 Å². The van der Waals surface area contributed by atoms with Crippen LogP contribution in [0.5, 0.6) is 0 Å². The van der Waals surface area contributed by atoms with Crippen molar-refractivity contribution in [2.24, 2.45) is 0 Å². The van der Waals surface area contributed by atoms with Gasteiger partial charge in [-0.05, 0) is 18.1 Å². The smallest absolute Gasteiger partial charge is 0.326 e. The maximum atomic E-state index is 12.5. The quantitative estimate of drug-likeness (QED) is 0.790. The molecule has 3 rings (SSSR count). The molecule has 2 aliphatic rings. The molecule has 106 valence electrons. The van der Waals surface area contributed by atoms with E-state index in [9.17, 15) is 14.7 Å².